The highest BCUT2D eigenvalue weighted by Crippen LogP contribution is 2.22. The molecule has 2 aromatic carbocycles. The molecule has 1 aromatic heterocycles. The van der Waals surface area contributed by atoms with Gasteiger partial charge in [-0.3, -0.25) is 0 Å². The van der Waals surface area contributed by atoms with Crippen molar-refractivity contribution in [2.45, 2.75) is 6.42 Å². The van der Waals surface area contributed by atoms with Gasteiger partial charge in [0.25, 0.3) is 0 Å². The van der Waals surface area contributed by atoms with E-state index in [-0.39, 0.29) is 0 Å². The molecular weight excluding hydrogens is 274 g/mol. The molecule has 3 aromatic rings. The average molecular weight is 291 g/mol. The Morgan fingerprint density at radius 2 is 1.73 bits per heavy atom. The SMILES string of the molecule is COc1ccc(-c2cnc(N)c(Cc3ccccc3)n2)cc1. The van der Waals surface area contributed by atoms with Crippen LogP contribution in [-0.4, -0.2) is 17.1 Å². The van der Waals surface area contributed by atoms with Crippen molar-refractivity contribution in [3.05, 3.63) is 72.1 Å². The van der Waals surface area contributed by atoms with Gasteiger partial charge in [-0.05, 0) is 29.8 Å². The fraction of sp³-hybridized carbons (Fsp3) is 0.111. The maximum atomic E-state index is 5.97. The van der Waals surface area contributed by atoms with Crippen LogP contribution < -0.4 is 10.5 Å². The summed E-state index contributed by atoms with van der Waals surface area (Å²) in [5.41, 5.74) is 9.72. The lowest BCUT2D eigenvalue weighted by Crippen LogP contribution is -2.03. The first-order valence-corrected chi connectivity index (χ1v) is 7.06. The molecule has 0 unspecified atom stereocenters. The van der Waals surface area contributed by atoms with E-state index in [1.165, 1.54) is 0 Å². The van der Waals surface area contributed by atoms with Crippen molar-refractivity contribution in [2.75, 3.05) is 12.8 Å². The molecule has 2 N–H and O–H groups in total. The Morgan fingerprint density at radius 3 is 2.41 bits per heavy atom. The second-order valence-corrected chi connectivity index (χ2v) is 4.98. The second-order valence-electron chi connectivity index (χ2n) is 4.98. The summed E-state index contributed by atoms with van der Waals surface area (Å²) in [6, 6.07) is 17.9. The van der Waals surface area contributed by atoms with Crippen molar-refractivity contribution in [1.29, 1.82) is 0 Å². The molecule has 0 fully saturated rings. The van der Waals surface area contributed by atoms with Gasteiger partial charge < -0.3 is 10.5 Å². The Labute approximate surface area is 129 Å². The van der Waals surface area contributed by atoms with E-state index < -0.39 is 0 Å². The van der Waals surface area contributed by atoms with E-state index in [9.17, 15) is 0 Å². The fourth-order valence-electron chi connectivity index (χ4n) is 2.26. The monoisotopic (exact) mass is 291 g/mol. The van der Waals surface area contributed by atoms with E-state index in [4.69, 9.17) is 10.5 Å². The van der Waals surface area contributed by atoms with E-state index >= 15 is 0 Å². The Morgan fingerprint density at radius 1 is 1.00 bits per heavy atom. The zero-order valence-corrected chi connectivity index (χ0v) is 12.4. The molecule has 0 amide bonds. The normalized spacial score (nSPS) is 10.4. The molecule has 0 spiro atoms. The van der Waals surface area contributed by atoms with E-state index in [0.29, 0.717) is 12.2 Å². The molecule has 1 heterocycles. The summed E-state index contributed by atoms with van der Waals surface area (Å²) in [5.74, 6) is 1.29. The van der Waals surface area contributed by atoms with Crippen LogP contribution in [0.25, 0.3) is 11.3 Å². The van der Waals surface area contributed by atoms with Gasteiger partial charge in [0.2, 0.25) is 0 Å². The topological polar surface area (TPSA) is 61.0 Å². The van der Waals surface area contributed by atoms with Gasteiger partial charge in [0.1, 0.15) is 11.6 Å². The minimum atomic E-state index is 0.473. The Bertz CT molecular complexity index is 755. The molecule has 0 aliphatic heterocycles. The van der Waals surface area contributed by atoms with Crippen LogP contribution in [0, 0.1) is 0 Å². The number of nitrogens with two attached hydrogens (primary N) is 1. The average Bonchev–Trinajstić information content (AvgIpc) is 2.58. The third-order valence-corrected chi connectivity index (χ3v) is 3.48. The van der Waals surface area contributed by atoms with E-state index in [2.05, 4.69) is 22.1 Å². The van der Waals surface area contributed by atoms with Crippen molar-refractivity contribution in [3.63, 3.8) is 0 Å². The number of nitrogen functional groups attached to an aromatic ring is 1. The number of methoxy groups -OCH3 is 1. The van der Waals surface area contributed by atoms with Crippen LogP contribution in [0.3, 0.4) is 0 Å². The standard InChI is InChI=1S/C18H17N3O/c1-22-15-9-7-14(8-10-15)17-12-20-18(19)16(21-17)11-13-5-3-2-4-6-13/h2-10,12H,11H2,1H3,(H2,19,20). The summed E-state index contributed by atoms with van der Waals surface area (Å²) in [6.45, 7) is 0. The number of hydrogen-bond acceptors (Lipinski definition) is 4. The van der Waals surface area contributed by atoms with Gasteiger partial charge in [-0.1, -0.05) is 30.3 Å². The molecule has 0 aliphatic rings. The molecule has 0 aliphatic carbocycles. The molecular formula is C18H17N3O. The van der Waals surface area contributed by atoms with Gasteiger partial charge >= 0.3 is 0 Å². The van der Waals surface area contributed by atoms with Crippen molar-refractivity contribution in [3.8, 4) is 17.0 Å². The summed E-state index contributed by atoms with van der Waals surface area (Å²) in [5, 5.41) is 0. The Balaban J connectivity index is 1.91. The molecule has 110 valence electrons. The molecule has 0 saturated carbocycles. The third-order valence-electron chi connectivity index (χ3n) is 3.48. The van der Waals surface area contributed by atoms with Crippen molar-refractivity contribution >= 4 is 5.82 Å². The molecule has 4 nitrogen and oxygen atoms in total. The van der Waals surface area contributed by atoms with Gasteiger partial charge in [0, 0.05) is 12.0 Å². The molecule has 0 atom stereocenters. The minimum absolute atomic E-state index is 0.473. The van der Waals surface area contributed by atoms with Crippen molar-refractivity contribution in [2.24, 2.45) is 0 Å². The lowest BCUT2D eigenvalue weighted by atomic mass is 10.1. The summed E-state index contributed by atoms with van der Waals surface area (Å²) in [7, 11) is 1.65. The predicted molar refractivity (Wildman–Crippen MR) is 87.7 cm³/mol. The number of ether oxygens (including phenoxy) is 1. The lowest BCUT2D eigenvalue weighted by molar-refractivity contribution is 0.415. The van der Waals surface area contributed by atoms with Gasteiger partial charge in [-0.25, -0.2) is 9.97 Å². The van der Waals surface area contributed by atoms with E-state index in [0.717, 1.165) is 28.3 Å². The zero-order valence-electron chi connectivity index (χ0n) is 12.4. The largest absolute Gasteiger partial charge is 0.497 e. The van der Waals surface area contributed by atoms with Gasteiger partial charge in [0.05, 0.1) is 24.7 Å². The summed E-state index contributed by atoms with van der Waals surface area (Å²) < 4.78 is 5.17. The number of aromatic nitrogens is 2. The van der Waals surface area contributed by atoms with Crippen LogP contribution in [0.4, 0.5) is 5.82 Å². The van der Waals surface area contributed by atoms with E-state index in [1.807, 2.05) is 42.5 Å². The highest BCUT2D eigenvalue weighted by Gasteiger charge is 2.08. The maximum absolute atomic E-state index is 5.97. The quantitative estimate of drug-likeness (QED) is 0.801. The van der Waals surface area contributed by atoms with Crippen LogP contribution in [0.5, 0.6) is 5.75 Å². The number of rotatable bonds is 4. The Kier molecular flexibility index (Phi) is 4.01. The Hall–Kier alpha value is -2.88. The number of hydrogen-bond donors (Lipinski definition) is 1. The molecule has 0 bridgehead atoms. The lowest BCUT2D eigenvalue weighted by Gasteiger charge is -2.08. The van der Waals surface area contributed by atoms with Crippen LogP contribution in [-0.2, 0) is 6.42 Å². The van der Waals surface area contributed by atoms with E-state index in [1.54, 1.807) is 13.3 Å². The highest BCUT2D eigenvalue weighted by molar-refractivity contribution is 5.60. The zero-order chi connectivity index (χ0) is 15.4. The minimum Gasteiger partial charge on any atom is -0.497 e. The molecule has 22 heavy (non-hydrogen) atoms. The first kappa shape index (κ1) is 14.1. The van der Waals surface area contributed by atoms with Gasteiger partial charge in [-0.2, -0.15) is 0 Å². The smallest absolute Gasteiger partial charge is 0.145 e. The molecule has 4 heteroatoms. The highest BCUT2D eigenvalue weighted by atomic mass is 16.5. The number of anilines is 1. The first-order chi connectivity index (χ1) is 10.8. The second kappa shape index (κ2) is 6.26. The van der Waals surface area contributed by atoms with Gasteiger partial charge in [-0.15, -0.1) is 0 Å². The van der Waals surface area contributed by atoms with Crippen LogP contribution in [0.15, 0.2) is 60.8 Å². The van der Waals surface area contributed by atoms with Crippen molar-refractivity contribution < 1.29 is 4.74 Å². The summed E-state index contributed by atoms with van der Waals surface area (Å²) >= 11 is 0. The van der Waals surface area contributed by atoms with Gasteiger partial charge in [0.15, 0.2) is 0 Å². The first-order valence-electron chi connectivity index (χ1n) is 7.06. The number of nitrogens with zero attached hydrogens (tertiary/aromatic N) is 2. The third kappa shape index (κ3) is 3.06. The van der Waals surface area contributed by atoms with Crippen LogP contribution in [0.1, 0.15) is 11.3 Å². The van der Waals surface area contributed by atoms with Crippen molar-refractivity contribution in [1.82, 2.24) is 9.97 Å². The maximum Gasteiger partial charge on any atom is 0.145 e. The fourth-order valence-corrected chi connectivity index (χ4v) is 2.26. The van der Waals surface area contributed by atoms with Crippen LogP contribution in [0.2, 0.25) is 0 Å². The molecule has 0 saturated heterocycles. The summed E-state index contributed by atoms with van der Waals surface area (Å²) in [6.07, 6.45) is 2.37. The summed E-state index contributed by atoms with van der Waals surface area (Å²) in [4.78, 5) is 8.94. The number of benzene rings is 2. The molecule has 0 radical (unpaired) electrons. The molecule has 3 rings (SSSR count). The predicted octanol–water partition coefficient (Wildman–Crippen LogP) is 3.33. The van der Waals surface area contributed by atoms with Crippen LogP contribution >= 0.6 is 0 Å².